The first-order valence-electron chi connectivity index (χ1n) is 4.43. The van der Waals surface area contributed by atoms with Crippen LogP contribution in [0.15, 0.2) is 21.6 Å². The SMILES string of the molecule is COc1c(I)ccc(Br)c1N=C(NC#N)SC. The maximum atomic E-state index is 8.60. The van der Waals surface area contributed by atoms with Crippen molar-refractivity contribution in [3.05, 3.63) is 20.2 Å². The fraction of sp³-hybridized carbons (Fsp3) is 0.200. The summed E-state index contributed by atoms with van der Waals surface area (Å²) in [5.74, 6) is 0.686. The summed E-state index contributed by atoms with van der Waals surface area (Å²) in [5.41, 5.74) is 0.673. The van der Waals surface area contributed by atoms with Gasteiger partial charge in [-0.25, -0.2) is 4.99 Å². The highest BCUT2D eigenvalue weighted by molar-refractivity contribution is 14.1. The maximum absolute atomic E-state index is 8.60. The Bertz CT molecular complexity index is 487. The van der Waals surface area contributed by atoms with Gasteiger partial charge in [-0.1, -0.05) is 11.8 Å². The number of nitriles is 1. The normalized spacial score (nSPS) is 10.9. The lowest BCUT2D eigenvalue weighted by Gasteiger charge is -2.09. The number of halogens is 2. The predicted octanol–water partition coefficient (Wildman–Crippen LogP) is 3.48. The van der Waals surface area contributed by atoms with E-state index in [4.69, 9.17) is 10.00 Å². The van der Waals surface area contributed by atoms with Crippen molar-refractivity contribution in [1.29, 1.82) is 5.26 Å². The Labute approximate surface area is 126 Å². The molecule has 0 bridgehead atoms. The largest absolute Gasteiger partial charge is 0.493 e. The van der Waals surface area contributed by atoms with E-state index in [0.29, 0.717) is 16.6 Å². The molecule has 0 spiro atoms. The van der Waals surface area contributed by atoms with Crippen molar-refractivity contribution in [1.82, 2.24) is 5.32 Å². The van der Waals surface area contributed by atoms with Gasteiger partial charge in [-0.2, -0.15) is 5.26 Å². The number of hydrogen-bond acceptors (Lipinski definition) is 4. The number of hydrogen-bond donors (Lipinski definition) is 1. The average molecular weight is 426 g/mol. The first kappa shape index (κ1) is 14.6. The molecule has 7 heteroatoms. The van der Waals surface area contributed by atoms with Crippen molar-refractivity contribution < 1.29 is 4.74 Å². The molecule has 0 aliphatic carbocycles. The van der Waals surface area contributed by atoms with Crippen LogP contribution in [0.5, 0.6) is 5.75 Å². The first-order valence-corrected chi connectivity index (χ1v) is 7.53. The number of thioether (sulfide) groups is 1. The van der Waals surface area contributed by atoms with Gasteiger partial charge in [-0.3, -0.25) is 5.32 Å². The number of benzene rings is 1. The second-order valence-corrected chi connectivity index (χ2v) is 5.58. The third-order valence-electron chi connectivity index (χ3n) is 1.81. The number of ether oxygens (including phenoxy) is 1. The van der Waals surface area contributed by atoms with Crippen molar-refractivity contribution in [3.63, 3.8) is 0 Å². The number of nitrogens with one attached hydrogen (secondary N) is 1. The predicted molar refractivity (Wildman–Crippen MR) is 82.8 cm³/mol. The molecule has 0 unspecified atom stereocenters. The van der Waals surface area contributed by atoms with Gasteiger partial charge in [0, 0.05) is 4.47 Å². The molecule has 0 aliphatic heterocycles. The Morgan fingerprint density at radius 2 is 2.35 bits per heavy atom. The van der Waals surface area contributed by atoms with Crippen LogP contribution >= 0.6 is 50.3 Å². The number of aliphatic imine (C=N–C) groups is 1. The molecule has 0 atom stereocenters. The summed E-state index contributed by atoms with van der Waals surface area (Å²) >= 11 is 6.96. The van der Waals surface area contributed by atoms with Crippen LogP contribution in [0.4, 0.5) is 5.69 Å². The van der Waals surface area contributed by atoms with Crippen molar-refractivity contribution in [2.24, 2.45) is 4.99 Å². The molecule has 0 heterocycles. The molecule has 0 aliphatic rings. The monoisotopic (exact) mass is 425 g/mol. The van der Waals surface area contributed by atoms with Crippen molar-refractivity contribution >= 4 is 61.1 Å². The zero-order chi connectivity index (χ0) is 12.8. The van der Waals surface area contributed by atoms with E-state index in [1.165, 1.54) is 11.8 Å². The third-order valence-corrected chi connectivity index (χ3v) is 3.88. The zero-order valence-corrected chi connectivity index (χ0v) is 13.7. The van der Waals surface area contributed by atoms with Gasteiger partial charge in [0.1, 0.15) is 5.69 Å². The minimum absolute atomic E-state index is 0.522. The number of nitrogens with zero attached hydrogens (tertiary/aromatic N) is 2. The lowest BCUT2D eigenvalue weighted by molar-refractivity contribution is 0.413. The molecule has 0 aromatic heterocycles. The van der Waals surface area contributed by atoms with E-state index in [1.807, 2.05) is 24.6 Å². The summed E-state index contributed by atoms with van der Waals surface area (Å²) in [4.78, 5) is 4.37. The van der Waals surface area contributed by atoms with Gasteiger partial charge in [0.05, 0.1) is 10.7 Å². The van der Waals surface area contributed by atoms with Gasteiger partial charge >= 0.3 is 0 Å². The summed E-state index contributed by atoms with van der Waals surface area (Å²) in [5, 5.41) is 11.6. The van der Waals surface area contributed by atoms with Crippen LogP contribution in [0, 0.1) is 15.0 Å². The van der Waals surface area contributed by atoms with Crippen molar-refractivity contribution in [2.75, 3.05) is 13.4 Å². The van der Waals surface area contributed by atoms with Crippen LogP contribution in [-0.2, 0) is 0 Å². The second-order valence-electron chi connectivity index (χ2n) is 2.77. The fourth-order valence-electron chi connectivity index (χ4n) is 1.09. The van der Waals surface area contributed by atoms with Crippen LogP contribution in [0.25, 0.3) is 0 Å². The summed E-state index contributed by atoms with van der Waals surface area (Å²) in [6, 6.07) is 3.83. The first-order chi connectivity index (χ1) is 8.13. The number of methoxy groups -OCH3 is 1. The standard InChI is InChI=1S/C10H9BrIN3OS/c1-16-9-7(12)4-3-6(11)8(9)15-10(17-2)14-5-13/h3-4H,1-2H3,(H,14,15). The summed E-state index contributed by atoms with van der Waals surface area (Å²) in [6.45, 7) is 0. The molecule has 4 nitrogen and oxygen atoms in total. The van der Waals surface area contributed by atoms with E-state index >= 15 is 0 Å². The molecule has 0 radical (unpaired) electrons. The topological polar surface area (TPSA) is 57.4 Å². The highest BCUT2D eigenvalue weighted by atomic mass is 127. The van der Waals surface area contributed by atoms with Gasteiger partial charge < -0.3 is 4.74 Å². The molecular weight excluding hydrogens is 417 g/mol. The summed E-state index contributed by atoms with van der Waals surface area (Å²) in [7, 11) is 1.60. The van der Waals surface area contributed by atoms with Crippen LogP contribution in [0.1, 0.15) is 0 Å². The van der Waals surface area contributed by atoms with Crippen LogP contribution in [-0.4, -0.2) is 18.5 Å². The van der Waals surface area contributed by atoms with Crippen LogP contribution < -0.4 is 10.1 Å². The average Bonchev–Trinajstić information content (AvgIpc) is 2.33. The lowest BCUT2D eigenvalue weighted by atomic mass is 10.3. The van der Waals surface area contributed by atoms with Gasteiger partial charge in [0.15, 0.2) is 17.1 Å². The Morgan fingerprint density at radius 3 is 2.88 bits per heavy atom. The van der Waals surface area contributed by atoms with Gasteiger partial charge in [0.25, 0.3) is 0 Å². The summed E-state index contributed by atoms with van der Waals surface area (Å²) < 4.78 is 7.10. The molecule has 1 N–H and O–H groups in total. The lowest BCUT2D eigenvalue weighted by Crippen LogP contribution is -2.12. The van der Waals surface area contributed by atoms with E-state index in [0.717, 1.165) is 8.04 Å². The smallest absolute Gasteiger partial charge is 0.183 e. The van der Waals surface area contributed by atoms with E-state index in [1.54, 1.807) is 7.11 Å². The quantitative estimate of drug-likeness (QED) is 0.259. The number of rotatable bonds is 2. The Balaban J connectivity index is 3.30. The molecule has 17 heavy (non-hydrogen) atoms. The third kappa shape index (κ3) is 3.76. The molecule has 90 valence electrons. The second kappa shape index (κ2) is 7.08. The summed E-state index contributed by atoms with van der Waals surface area (Å²) in [6.07, 6.45) is 3.70. The maximum Gasteiger partial charge on any atom is 0.183 e. The zero-order valence-electron chi connectivity index (χ0n) is 9.12. The molecule has 1 aromatic rings. The highest BCUT2D eigenvalue weighted by Gasteiger charge is 2.11. The fourth-order valence-corrected chi connectivity index (χ4v) is 2.48. The van der Waals surface area contributed by atoms with Crippen LogP contribution in [0.3, 0.4) is 0 Å². The minimum Gasteiger partial charge on any atom is -0.493 e. The van der Waals surface area contributed by atoms with Gasteiger partial charge in [-0.05, 0) is 56.9 Å². The van der Waals surface area contributed by atoms with E-state index in [-0.39, 0.29) is 0 Å². The van der Waals surface area contributed by atoms with Gasteiger partial charge in [-0.15, -0.1) is 0 Å². The molecule has 0 saturated carbocycles. The van der Waals surface area contributed by atoms with Gasteiger partial charge in [0.2, 0.25) is 0 Å². The molecule has 0 saturated heterocycles. The molecule has 0 fully saturated rings. The van der Waals surface area contributed by atoms with Crippen molar-refractivity contribution in [3.8, 4) is 11.9 Å². The molecule has 0 amide bonds. The van der Waals surface area contributed by atoms with E-state index in [9.17, 15) is 0 Å². The Kier molecular flexibility index (Phi) is 6.08. The van der Waals surface area contributed by atoms with Crippen molar-refractivity contribution in [2.45, 2.75) is 0 Å². The Hall–Kier alpha value is -0.460. The number of amidine groups is 1. The highest BCUT2D eigenvalue weighted by Crippen LogP contribution is 2.39. The van der Waals surface area contributed by atoms with E-state index in [2.05, 4.69) is 48.8 Å². The van der Waals surface area contributed by atoms with E-state index < -0.39 is 0 Å². The minimum atomic E-state index is 0.522. The molecule has 1 rings (SSSR count). The molecule has 1 aromatic carbocycles. The molecular formula is C10H9BrIN3OS. The Morgan fingerprint density at radius 1 is 1.65 bits per heavy atom. The van der Waals surface area contributed by atoms with Crippen LogP contribution in [0.2, 0.25) is 0 Å².